The molecule has 1 aromatic heterocycles. The molecule has 0 saturated carbocycles. The molecule has 26 heavy (non-hydrogen) atoms. The molecule has 0 saturated heterocycles. The second-order valence-electron chi connectivity index (χ2n) is 6.03. The Kier molecular flexibility index (Phi) is 4.58. The van der Waals surface area contributed by atoms with Gasteiger partial charge in [0.2, 0.25) is 0 Å². The lowest BCUT2D eigenvalue weighted by Crippen LogP contribution is -2.04. The fourth-order valence-corrected chi connectivity index (χ4v) is 2.63. The number of aromatic carboxylic acids is 1. The number of pyridine rings is 1. The standard InChI is InChI=1S/C20H17FN2O3/c1-11-3-6-17(15(7-11)20(25)26)23-19-10-22-18(8-12(19)2)14-9-13(24)4-5-16(14)21/h3-10,23-24H,1-2H3,(H,25,26). The second kappa shape index (κ2) is 6.84. The molecule has 6 heteroatoms. The minimum Gasteiger partial charge on any atom is -0.508 e. The van der Waals surface area contributed by atoms with E-state index in [1.165, 1.54) is 24.4 Å². The lowest BCUT2D eigenvalue weighted by atomic mass is 10.1. The molecule has 0 aliphatic carbocycles. The van der Waals surface area contributed by atoms with Gasteiger partial charge in [-0.05, 0) is 55.8 Å². The van der Waals surface area contributed by atoms with Crippen LogP contribution >= 0.6 is 0 Å². The Bertz CT molecular complexity index is 1000. The summed E-state index contributed by atoms with van der Waals surface area (Å²) in [6, 6.07) is 10.5. The Morgan fingerprint density at radius 2 is 1.85 bits per heavy atom. The van der Waals surface area contributed by atoms with Crippen LogP contribution in [0.4, 0.5) is 15.8 Å². The highest BCUT2D eigenvalue weighted by atomic mass is 19.1. The summed E-state index contributed by atoms with van der Waals surface area (Å²) in [4.78, 5) is 15.7. The normalized spacial score (nSPS) is 10.6. The molecule has 0 amide bonds. The molecule has 3 aromatic rings. The van der Waals surface area contributed by atoms with Crippen LogP contribution in [0.3, 0.4) is 0 Å². The van der Waals surface area contributed by atoms with Gasteiger partial charge in [0.05, 0.1) is 28.8 Å². The molecule has 1 heterocycles. The van der Waals surface area contributed by atoms with Crippen molar-refractivity contribution in [2.75, 3.05) is 5.32 Å². The summed E-state index contributed by atoms with van der Waals surface area (Å²) in [6.07, 6.45) is 1.51. The molecule has 0 spiro atoms. The van der Waals surface area contributed by atoms with Gasteiger partial charge in [-0.2, -0.15) is 0 Å². The molecule has 0 unspecified atom stereocenters. The van der Waals surface area contributed by atoms with E-state index >= 15 is 0 Å². The highest BCUT2D eigenvalue weighted by Crippen LogP contribution is 2.29. The number of hydrogen-bond acceptors (Lipinski definition) is 4. The number of nitrogens with zero attached hydrogens (tertiary/aromatic N) is 1. The first-order valence-electron chi connectivity index (χ1n) is 7.91. The molecule has 3 N–H and O–H groups in total. The molecular formula is C20H17FN2O3. The van der Waals surface area contributed by atoms with E-state index in [2.05, 4.69) is 10.3 Å². The average Bonchev–Trinajstić information content (AvgIpc) is 2.60. The molecule has 0 aliphatic heterocycles. The SMILES string of the molecule is Cc1ccc(Nc2cnc(-c3cc(O)ccc3F)cc2C)c(C(=O)O)c1. The second-order valence-corrected chi connectivity index (χ2v) is 6.03. The average molecular weight is 352 g/mol. The topological polar surface area (TPSA) is 82.5 Å². The van der Waals surface area contributed by atoms with Gasteiger partial charge in [-0.3, -0.25) is 4.98 Å². The summed E-state index contributed by atoms with van der Waals surface area (Å²) in [5, 5.41) is 22.0. The lowest BCUT2D eigenvalue weighted by molar-refractivity contribution is 0.0698. The van der Waals surface area contributed by atoms with Crippen LogP contribution < -0.4 is 5.32 Å². The van der Waals surface area contributed by atoms with Gasteiger partial charge in [-0.15, -0.1) is 0 Å². The van der Waals surface area contributed by atoms with Gasteiger partial charge in [0.15, 0.2) is 0 Å². The Morgan fingerprint density at radius 1 is 1.08 bits per heavy atom. The Hall–Kier alpha value is -3.41. The van der Waals surface area contributed by atoms with Crippen molar-refractivity contribution in [1.29, 1.82) is 0 Å². The predicted molar refractivity (Wildman–Crippen MR) is 97.5 cm³/mol. The summed E-state index contributed by atoms with van der Waals surface area (Å²) in [7, 11) is 0. The van der Waals surface area contributed by atoms with Crippen LogP contribution in [-0.4, -0.2) is 21.2 Å². The molecular weight excluding hydrogens is 335 g/mol. The number of aromatic hydroxyl groups is 1. The van der Waals surface area contributed by atoms with E-state index in [0.29, 0.717) is 17.1 Å². The third kappa shape index (κ3) is 3.49. The highest BCUT2D eigenvalue weighted by Gasteiger charge is 2.13. The molecule has 0 fully saturated rings. The first-order valence-corrected chi connectivity index (χ1v) is 7.91. The monoisotopic (exact) mass is 352 g/mol. The van der Waals surface area contributed by atoms with Crippen LogP contribution in [0.2, 0.25) is 0 Å². The maximum Gasteiger partial charge on any atom is 0.337 e. The number of aromatic nitrogens is 1. The number of carbonyl (C=O) groups is 1. The fourth-order valence-electron chi connectivity index (χ4n) is 2.63. The molecule has 0 radical (unpaired) electrons. The van der Waals surface area contributed by atoms with Crippen LogP contribution in [0.25, 0.3) is 11.3 Å². The van der Waals surface area contributed by atoms with Gasteiger partial charge in [-0.25, -0.2) is 9.18 Å². The first kappa shape index (κ1) is 17.4. The smallest absolute Gasteiger partial charge is 0.337 e. The lowest BCUT2D eigenvalue weighted by Gasteiger charge is -2.13. The molecule has 0 aliphatic rings. The molecule has 0 atom stereocenters. The van der Waals surface area contributed by atoms with Crippen LogP contribution in [0.5, 0.6) is 5.75 Å². The zero-order valence-corrected chi connectivity index (χ0v) is 14.2. The van der Waals surface area contributed by atoms with Crippen LogP contribution in [0.15, 0.2) is 48.7 Å². The number of hydrogen-bond donors (Lipinski definition) is 3. The summed E-state index contributed by atoms with van der Waals surface area (Å²) >= 11 is 0. The van der Waals surface area contributed by atoms with E-state index in [1.54, 1.807) is 18.2 Å². The van der Waals surface area contributed by atoms with Crippen LogP contribution in [0, 0.1) is 19.7 Å². The maximum absolute atomic E-state index is 14.0. The number of carboxylic acid groups (broad SMARTS) is 1. The van der Waals surface area contributed by atoms with Crippen molar-refractivity contribution >= 4 is 17.3 Å². The summed E-state index contributed by atoms with van der Waals surface area (Å²) in [5.74, 6) is -1.56. The number of phenolic OH excluding ortho intramolecular Hbond substituents is 1. The van der Waals surface area contributed by atoms with Crippen molar-refractivity contribution in [3.8, 4) is 17.0 Å². The third-order valence-corrected chi connectivity index (χ3v) is 4.01. The number of halogens is 1. The van der Waals surface area contributed by atoms with Crippen molar-refractivity contribution in [3.05, 3.63) is 71.2 Å². The van der Waals surface area contributed by atoms with Crippen molar-refractivity contribution < 1.29 is 19.4 Å². The van der Waals surface area contributed by atoms with Crippen LogP contribution in [-0.2, 0) is 0 Å². The van der Waals surface area contributed by atoms with Gasteiger partial charge in [0.25, 0.3) is 0 Å². The highest BCUT2D eigenvalue weighted by molar-refractivity contribution is 5.95. The predicted octanol–water partition coefficient (Wildman–Crippen LogP) is 4.65. The van der Waals surface area contributed by atoms with Gasteiger partial charge in [0.1, 0.15) is 11.6 Å². The zero-order valence-electron chi connectivity index (χ0n) is 14.2. The van der Waals surface area contributed by atoms with E-state index in [0.717, 1.165) is 11.1 Å². The Morgan fingerprint density at radius 3 is 2.54 bits per heavy atom. The molecule has 0 bridgehead atoms. The molecule has 2 aromatic carbocycles. The molecule has 3 rings (SSSR count). The molecule has 132 valence electrons. The number of aryl methyl sites for hydroxylation is 2. The van der Waals surface area contributed by atoms with Gasteiger partial charge < -0.3 is 15.5 Å². The van der Waals surface area contributed by atoms with Crippen molar-refractivity contribution in [1.82, 2.24) is 4.98 Å². The van der Waals surface area contributed by atoms with Crippen molar-refractivity contribution in [2.45, 2.75) is 13.8 Å². The van der Waals surface area contributed by atoms with Gasteiger partial charge in [-0.1, -0.05) is 11.6 Å². The largest absolute Gasteiger partial charge is 0.508 e. The molecule has 5 nitrogen and oxygen atoms in total. The number of phenols is 1. The van der Waals surface area contributed by atoms with Gasteiger partial charge in [0, 0.05) is 5.56 Å². The number of rotatable bonds is 4. The van der Waals surface area contributed by atoms with Crippen molar-refractivity contribution in [3.63, 3.8) is 0 Å². The number of carboxylic acids is 1. The maximum atomic E-state index is 14.0. The fraction of sp³-hybridized carbons (Fsp3) is 0.100. The van der Waals surface area contributed by atoms with E-state index in [-0.39, 0.29) is 16.9 Å². The van der Waals surface area contributed by atoms with E-state index in [9.17, 15) is 19.4 Å². The summed E-state index contributed by atoms with van der Waals surface area (Å²) in [6.45, 7) is 3.63. The number of benzene rings is 2. The minimum atomic E-state index is -1.03. The van der Waals surface area contributed by atoms with E-state index < -0.39 is 11.8 Å². The first-order chi connectivity index (χ1) is 12.3. The minimum absolute atomic E-state index is 0.0474. The van der Waals surface area contributed by atoms with E-state index in [4.69, 9.17) is 0 Å². The number of nitrogens with one attached hydrogen (secondary N) is 1. The van der Waals surface area contributed by atoms with Crippen LogP contribution in [0.1, 0.15) is 21.5 Å². The van der Waals surface area contributed by atoms with Gasteiger partial charge >= 0.3 is 5.97 Å². The Labute approximate surface area is 149 Å². The third-order valence-electron chi connectivity index (χ3n) is 4.01. The summed E-state index contributed by atoms with van der Waals surface area (Å²) in [5.41, 5.74) is 3.40. The number of anilines is 2. The zero-order chi connectivity index (χ0) is 18.8. The summed E-state index contributed by atoms with van der Waals surface area (Å²) < 4.78 is 14.0. The Balaban J connectivity index is 1.97. The quantitative estimate of drug-likeness (QED) is 0.636. The van der Waals surface area contributed by atoms with E-state index in [1.807, 2.05) is 19.9 Å². The van der Waals surface area contributed by atoms with Crippen molar-refractivity contribution in [2.24, 2.45) is 0 Å².